The van der Waals surface area contributed by atoms with Crippen molar-refractivity contribution in [2.45, 2.75) is 20.1 Å². The lowest BCUT2D eigenvalue weighted by Crippen LogP contribution is -2.30. The molecule has 5 rings (SSSR count). The molecule has 1 aliphatic rings. The van der Waals surface area contributed by atoms with Gasteiger partial charge in [0.05, 0.1) is 16.6 Å². The van der Waals surface area contributed by atoms with Gasteiger partial charge in [-0.15, -0.1) is 0 Å². The first-order chi connectivity index (χ1) is 17.4. The van der Waals surface area contributed by atoms with Crippen molar-refractivity contribution < 1.29 is 14.3 Å². The molecule has 36 heavy (non-hydrogen) atoms. The van der Waals surface area contributed by atoms with Crippen LogP contribution in [0.25, 0.3) is 16.8 Å². The van der Waals surface area contributed by atoms with Crippen LogP contribution < -0.4 is 10.1 Å². The Morgan fingerprint density at radius 1 is 0.861 bits per heavy atom. The molecule has 7 heteroatoms. The number of hydrogen-bond acceptors (Lipinski definition) is 3. The van der Waals surface area contributed by atoms with E-state index in [0.29, 0.717) is 28.0 Å². The Bertz CT molecular complexity index is 1490. The zero-order valence-corrected chi connectivity index (χ0v) is 20.9. The third-order valence-corrected chi connectivity index (χ3v) is 6.51. The van der Waals surface area contributed by atoms with Gasteiger partial charge in [-0.3, -0.25) is 9.69 Å². The molecule has 0 saturated carbocycles. The van der Waals surface area contributed by atoms with E-state index in [0.717, 1.165) is 27.5 Å². The molecule has 0 bridgehead atoms. The van der Waals surface area contributed by atoms with Crippen molar-refractivity contribution in [2.75, 3.05) is 0 Å². The molecule has 0 atom stereocenters. The first kappa shape index (κ1) is 23.9. The van der Waals surface area contributed by atoms with Crippen molar-refractivity contribution in [2.24, 2.45) is 0 Å². The van der Waals surface area contributed by atoms with E-state index in [1.54, 1.807) is 18.2 Å². The average Bonchev–Trinajstić information content (AvgIpc) is 3.12. The summed E-state index contributed by atoms with van der Waals surface area (Å²) in [6.07, 6.45) is 1.56. The van der Waals surface area contributed by atoms with Gasteiger partial charge in [-0.2, -0.15) is 0 Å². The van der Waals surface area contributed by atoms with Crippen LogP contribution in [0.1, 0.15) is 22.3 Å². The van der Waals surface area contributed by atoms with Gasteiger partial charge < -0.3 is 10.1 Å². The van der Waals surface area contributed by atoms with Gasteiger partial charge in [-0.05, 0) is 58.7 Å². The number of imide groups is 1. The van der Waals surface area contributed by atoms with Gasteiger partial charge in [0.25, 0.3) is 5.91 Å². The van der Waals surface area contributed by atoms with E-state index >= 15 is 0 Å². The van der Waals surface area contributed by atoms with Crippen LogP contribution in [0.3, 0.4) is 0 Å². The van der Waals surface area contributed by atoms with Crippen molar-refractivity contribution in [1.82, 2.24) is 10.2 Å². The largest absolute Gasteiger partial charge is 0.486 e. The highest BCUT2D eigenvalue weighted by Gasteiger charge is 2.33. The van der Waals surface area contributed by atoms with E-state index in [1.165, 1.54) is 4.90 Å². The summed E-state index contributed by atoms with van der Waals surface area (Å²) >= 11 is 12.9. The quantitative estimate of drug-likeness (QED) is 0.219. The van der Waals surface area contributed by atoms with E-state index in [1.807, 2.05) is 61.5 Å². The lowest BCUT2D eigenvalue weighted by Gasteiger charge is -2.12. The summed E-state index contributed by atoms with van der Waals surface area (Å²) in [6, 6.07) is 24.7. The number of amides is 3. The smallest absolute Gasteiger partial charge is 0.329 e. The highest BCUT2D eigenvalue weighted by Crippen LogP contribution is 2.36. The number of fused-ring (bicyclic) bond motifs is 1. The highest BCUT2D eigenvalue weighted by atomic mass is 35.5. The Kier molecular flexibility index (Phi) is 6.68. The van der Waals surface area contributed by atoms with Gasteiger partial charge in [0, 0.05) is 0 Å². The Morgan fingerprint density at radius 2 is 1.53 bits per heavy atom. The summed E-state index contributed by atoms with van der Waals surface area (Å²) in [5.74, 6) is -0.0547. The van der Waals surface area contributed by atoms with Crippen LogP contribution in [-0.2, 0) is 17.9 Å². The number of hydrogen-bond donors (Lipinski definition) is 1. The molecule has 4 aromatic rings. The van der Waals surface area contributed by atoms with Crippen LogP contribution in [0.5, 0.6) is 5.75 Å². The Hall–Kier alpha value is -3.80. The van der Waals surface area contributed by atoms with Crippen LogP contribution in [0.2, 0.25) is 10.0 Å². The molecule has 4 aromatic carbocycles. The van der Waals surface area contributed by atoms with E-state index in [9.17, 15) is 9.59 Å². The summed E-state index contributed by atoms with van der Waals surface area (Å²) in [5, 5.41) is 5.52. The average molecular weight is 517 g/mol. The number of nitrogens with one attached hydrogen (secondary N) is 1. The van der Waals surface area contributed by atoms with Crippen LogP contribution >= 0.6 is 23.2 Å². The fourth-order valence-corrected chi connectivity index (χ4v) is 4.66. The number of urea groups is 1. The van der Waals surface area contributed by atoms with E-state index in [2.05, 4.69) is 17.4 Å². The van der Waals surface area contributed by atoms with Gasteiger partial charge in [0.15, 0.2) is 5.75 Å². The molecule has 3 amide bonds. The number of benzene rings is 4. The van der Waals surface area contributed by atoms with Crippen LogP contribution in [0.15, 0.2) is 84.6 Å². The molecule has 1 aliphatic heterocycles. The number of rotatable bonds is 6. The summed E-state index contributed by atoms with van der Waals surface area (Å²) in [5.41, 5.74) is 3.69. The van der Waals surface area contributed by atoms with Crippen molar-refractivity contribution in [3.63, 3.8) is 0 Å². The van der Waals surface area contributed by atoms with Gasteiger partial charge in [-0.1, -0.05) is 89.4 Å². The normalized spacial score (nSPS) is 14.5. The summed E-state index contributed by atoms with van der Waals surface area (Å²) in [4.78, 5) is 26.5. The van der Waals surface area contributed by atoms with E-state index in [-0.39, 0.29) is 12.2 Å². The molecule has 1 saturated heterocycles. The minimum absolute atomic E-state index is 0.157. The lowest BCUT2D eigenvalue weighted by atomic mass is 10.1. The van der Waals surface area contributed by atoms with Crippen molar-refractivity contribution in [3.05, 3.63) is 117 Å². The van der Waals surface area contributed by atoms with Crippen LogP contribution in [-0.4, -0.2) is 16.8 Å². The second-order valence-electron chi connectivity index (χ2n) is 8.65. The molecular formula is C29H22Cl2N2O3. The maximum Gasteiger partial charge on any atom is 0.329 e. The predicted molar refractivity (Wildman–Crippen MR) is 143 cm³/mol. The third-order valence-electron chi connectivity index (χ3n) is 5.95. The number of nitrogens with zero attached hydrogens (tertiary/aromatic N) is 1. The Morgan fingerprint density at radius 3 is 2.25 bits per heavy atom. The topological polar surface area (TPSA) is 58.6 Å². The minimum atomic E-state index is -0.473. The number of carbonyl (C=O) groups excluding carboxylic acids is 2. The summed E-state index contributed by atoms with van der Waals surface area (Å²) in [6.45, 7) is 2.47. The molecule has 1 heterocycles. The zero-order valence-electron chi connectivity index (χ0n) is 19.4. The lowest BCUT2D eigenvalue weighted by molar-refractivity contribution is -0.123. The van der Waals surface area contributed by atoms with Crippen molar-refractivity contribution >= 4 is 52.0 Å². The van der Waals surface area contributed by atoms with Gasteiger partial charge >= 0.3 is 6.03 Å². The zero-order chi connectivity index (χ0) is 25.2. The molecule has 0 radical (unpaired) electrons. The molecular weight excluding hydrogens is 495 g/mol. The molecule has 180 valence electrons. The summed E-state index contributed by atoms with van der Waals surface area (Å²) < 4.78 is 5.93. The number of carbonyl (C=O) groups is 2. The Labute approximate surface area is 218 Å². The van der Waals surface area contributed by atoms with Crippen LogP contribution in [0.4, 0.5) is 4.79 Å². The van der Waals surface area contributed by atoms with Crippen LogP contribution in [0, 0.1) is 6.92 Å². The maximum absolute atomic E-state index is 12.9. The first-order valence-corrected chi connectivity index (χ1v) is 12.1. The molecule has 1 fully saturated rings. The molecule has 5 nitrogen and oxygen atoms in total. The second-order valence-corrected chi connectivity index (χ2v) is 9.46. The standard InChI is InChI=1S/C29H22Cl2N2O3/c1-18-6-8-19(9-7-18)16-33-28(34)26(32-29(33)35)15-21-13-24(30)27(25(31)14-21)36-17-20-10-11-22-4-2-3-5-23(22)12-20/h2-15H,16-17H2,1H3,(H,32,35)/b26-15+. The minimum Gasteiger partial charge on any atom is -0.486 e. The molecule has 0 aromatic heterocycles. The number of aryl methyl sites for hydroxylation is 1. The summed E-state index contributed by atoms with van der Waals surface area (Å²) in [7, 11) is 0. The van der Waals surface area contributed by atoms with E-state index < -0.39 is 11.9 Å². The SMILES string of the molecule is Cc1ccc(CN2C(=O)N/C(=C/c3cc(Cl)c(OCc4ccc5ccccc5c4)c(Cl)c3)C2=O)cc1. The predicted octanol–water partition coefficient (Wildman–Crippen LogP) is 7.13. The number of halogens is 2. The molecule has 0 aliphatic carbocycles. The highest BCUT2D eigenvalue weighted by molar-refractivity contribution is 6.37. The molecule has 0 spiro atoms. The van der Waals surface area contributed by atoms with Gasteiger partial charge in [0.1, 0.15) is 12.3 Å². The monoisotopic (exact) mass is 516 g/mol. The molecule has 0 unspecified atom stereocenters. The van der Waals surface area contributed by atoms with Gasteiger partial charge in [0.2, 0.25) is 0 Å². The fourth-order valence-electron chi connectivity index (χ4n) is 4.04. The molecule has 1 N–H and O–H groups in total. The maximum atomic E-state index is 12.9. The number of ether oxygens (including phenoxy) is 1. The van der Waals surface area contributed by atoms with Gasteiger partial charge in [-0.25, -0.2) is 4.79 Å². The fraction of sp³-hybridized carbons (Fsp3) is 0.103. The Balaban J connectivity index is 1.31. The second kappa shape index (κ2) is 10.1. The third kappa shape index (κ3) is 5.08. The van der Waals surface area contributed by atoms with Crippen molar-refractivity contribution in [1.29, 1.82) is 0 Å². The van der Waals surface area contributed by atoms with E-state index in [4.69, 9.17) is 27.9 Å². The first-order valence-electron chi connectivity index (χ1n) is 11.4. The van der Waals surface area contributed by atoms with Crippen molar-refractivity contribution in [3.8, 4) is 5.75 Å².